The molecule has 0 aliphatic carbocycles. The maximum atomic E-state index is 13.1. The van der Waals surface area contributed by atoms with Crippen LogP contribution in [0.2, 0.25) is 0 Å². The van der Waals surface area contributed by atoms with Crippen LogP contribution in [0.4, 0.5) is 4.39 Å². The lowest BCUT2D eigenvalue weighted by Crippen LogP contribution is -2.31. The smallest absolute Gasteiger partial charge is 0.276 e. The third-order valence-corrected chi connectivity index (χ3v) is 3.59. The molecule has 2 aromatic heterocycles. The molecule has 2 heterocycles. The van der Waals surface area contributed by atoms with Crippen molar-refractivity contribution >= 4 is 5.91 Å². The van der Waals surface area contributed by atoms with Crippen molar-refractivity contribution in [3.05, 3.63) is 82.2 Å². The van der Waals surface area contributed by atoms with Gasteiger partial charge in [0.15, 0.2) is 5.69 Å². The van der Waals surface area contributed by atoms with Gasteiger partial charge in [-0.25, -0.2) is 9.07 Å². The Bertz CT molecular complexity index is 972. The maximum Gasteiger partial charge on any atom is 0.276 e. The molecule has 0 spiro atoms. The number of nitrogens with one attached hydrogen (secondary N) is 1. The molecule has 7 nitrogen and oxygen atoms in total. The van der Waals surface area contributed by atoms with E-state index in [1.807, 2.05) is 0 Å². The highest BCUT2D eigenvalue weighted by Gasteiger charge is 2.17. The number of hydrogen-bond acceptors (Lipinski definition) is 5. The molecule has 0 unspecified atom stereocenters. The highest BCUT2D eigenvalue weighted by atomic mass is 19.1. The van der Waals surface area contributed by atoms with E-state index in [-0.39, 0.29) is 18.1 Å². The van der Waals surface area contributed by atoms with Crippen molar-refractivity contribution in [3.8, 4) is 11.6 Å². The molecular weight excluding hydrogens is 339 g/mol. The molecule has 1 N–H and O–H groups in total. The van der Waals surface area contributed by atoms with Crippen LogP contribution in [-0.2, 0) is 6.54 Å². The number of rotatable bonds is 5. The van der Waals surface area contributed by atoms with E-state index >= 15 is 0 Å². The van der Waals surface area contributed by atoms with E-state index in [1.54, 1.807) is 24.5 Å². The highest BCUT2D eigenvalue weighted by Crippen LogP contribution is 2.15. The van der Waals surface area contributed by atoms with Gasteiger partial charge in [0.2, 0.25) is 11.3 Å². The van der Waals surface area contributed by atoms with E-state index < -0.39 is 17.2 Å². The summed E-state index contributed by atoms with van der Waals surface area (Å²) in [7, 11) is 1.37. The van der Waals surface area contributed by atoms with Gasteiger partial charge in [0.1, 0.15) is 5.82 Å². The van der Waals surface area contributed by atoms with Crippen molar-refractivity contribution in [2.75, 3.05) is 7.11 Å². The van der Waals surface area contributed by atoms with Crippen LogP contribution in [0.15, 0.2) is 59.7 Å². The molecule has 0 radical (unpaired) electrons. The highest BCUT2D eigenvalue weighted by molar-refractivity contribution is 5.92. The minimum Gasteiger partial charge on any atom is -0.481 e. The molecule has 26 heavy (non-hydrogen) atoms. The van der Waals surface area contributed by atoms with E-state index in [1.165, 1.54) is 36.1 Å². The number of methoxy groups -OCH3 is 1. The largest absolute Gasteiger partial charge is 0.481 e. The molecule has 0 atom stereocenters. The predicted octanol–water partition coefficient (Wildman–Crippen LogP) is 1.71. The minimum absolute atomic E-state index is 0.132. The second kappa shape index (κ2) is 7.56. The first-order valence-corrected chi connectivity index (χ1v) is 7.70. The number of amides is 1. The number of ether oxygens (including phenoxy) is 1. The Labute approximate surface area is 148 Å². The lowest BCUT2D eigenvalue weighted by molar-refractivity contribution is 0.0942. The molecule has 1 aromatic carbocycles. The summed E-state index contributed by atoms with van der Waals surface area (Å²) >= 11 is 0. The van der Waals surface area contributed by atoms with Gasteiger partial charge in [0, 0.05) is 18.9 Å². The van der Waals surface area contributed by atoms with Crippen LogP contribution in [0.1, 0.15) is 16.1 Å². The van der Waals surface area contributed by atoms with Crippen LogP contribution in [0, 0.1) is 5.82 Å². The number of carbonyl (C=O) groups excluding carboxylic acids is 1. The topological polar surface area (TPSA) is 86.1 Å². The van der Waals surface area contributed by atoms with Gasteiger partial charge in [-0.15, -0.1) is 0 Å². The fourth-order valence-electron chi connectivity index (χ4n) is 2.28. The molecule has 3 rings (SSSR count). The fourth-order valence-corrected chi connectivity index (χ4v) is 2.28. The van der Waals surface area contributed by atoms with Gasteiger partial charge in [-0.3, -0.25) is 14.6 Å². The van der Waals surface area contributed by atoms with Crippen LogP contribution >= 0.6 is 0 Å². The van der Waals surface area contributed by atoms with Crippen LogP contribution in [0.3, 0.4) is 0 Å². The van der Waals surface area contributed by atoms with Crippen molar-refractivity contribution in [1.82, 2.24) is 20.1 Å². The second-order valence-corrected chi connectivity index (χ2v) is 5.33. The zero-order chi connectivity index (χ0) is 18.5. The van der Waals surface area contributed by atoms with Gasteiger partial charge in [0.05, 0.1) is 18.9 Å². The normalized spacial score (nSPS) is 10.4. The molecule has 8 heteroatoms. The number of pyridine rings is 1. The maximum absolute atomic E-state index is 13.1. The van der Waals surface area contributed by atoms with E-state index in [9.17, 15) is 14.0 Å². The van der Waals surface area contributed by atoms with Crippen molar-refractivity contribution in [1.29, 1.82) is 0 Å². The summed E-state index contributed by atoms with van der Waals surface area (Å²) in [6.07, 6.45) is 3.21. The number of aromatic nitrogens is 3. The van der Waals surface area contributed by atoms with E-state index in [0.717, 1.165) is 11.6 Å². The predicted molar refractivity (Wildman–Crippen MR) is 91.8 cm³/mol. The first kappa shape index (κ1) is 17.3. The Kier molecular flexibility index (Phi) is 5.02. The molecule has 0 saturated carbocycles. The number of benzene rings is 1. The first-order valence-electron chi connectivity index (χ1n) is 7.70. The zero-order valence-corrected chi connectivity index (χ0v) is 13.8. The van der Waals surface area contributed by atoms with Crippen molar-refractivity contribution < 1.29 is 13.9 Å². The number of halogens is 1. The summed E-state index contributed by atoms with van der Waals surface area (Å²) in [5, 5.41) is 6.73. The number of carbonyl (C=O) groups is 1. The summed E-state index contributed by atoms with van der Waals surface area (Å²) in [5.74, 6) is -0.901. The Balaban J connectivity index is 1.91. The quantitative estimate of drug-likeness (QED) is 0.754. The molecule has 0 aliphatic rings. The fraction of sp³-hybridized carbons (Fsp3) is 0.111. The monoisotopic (exact) mass is 354 g/mol. The number of hydrogen-bond donors (Lipinski definition) is 1. The lowest BCUT2D eigenvalue weighted by atomic mass is 10.2. The van der Waals surface area contributed by atoms with Crippen molar-refractivity contribution in [2.24, 2.45) is 0 Å². The van der Waals surface area contributed by atoms with Gasteiger partial charge < -0.3 is 10.1 Å². The van der Waals surface area contributed by atoms with Crippen LogP contribution in [-0.4, -0.2) is 27.8 Å². The molecule has 132 valence electrons. The summed E-state index contributed by atoms with van der Waals surface area (Å²) < 4.78 is 19.5. The second-order valence-electron chi connectivity index (χ2n) is 5.33. The lowest BCUT2D eigenvalue weighted by Gasteiger charge is -2.12. The molecule has 3 aromatic rings. The minimum atomic E-state index is -0.620. The Morgan fingerprint density at radius 1 is 1.19 bits per heavy atom. The van der Waals surface area contributed by atoms with Gasteiger partial charge in [-0.05, 0) is 42.0 Å². The summed E-state index contributed by atoms with van der Waals surface area (Å²) in [5.41, 5.74) is 0.420. The third-order valence-electron chi connectivity index (χ3n) is 3.59. The SMILES string of the molecule is COc1cc(=O)c(C(=O)NCc2ccncc2)nn1-c1ccc(F)cc1. The van der Waals surface area contributed by atoms with Gasteiger partial charge >= 0.3 is 0 Å². The zero-order valence-electron chi connectivity index (χ0n) is 13.8. The molecule has 1 amide bonds. The standard InChI is InChI=1S/C18H15FN4O3/c1-26-16-10-15(24)17(18(25)21-11-12-6-8-20-9-7-12)22-23(16)14-4-2-13(19)3-5-14/h2-10H,11H2,1H3,(H,21,25). The average Bonchev–Trinajstić information content (AvgIpc) is 2.67. The average molecular weight is 354 g/mol. The summed E-state index contributed by atoms with van der Waals surface area (Å²) in [6, 6.07) is 10.1. The molecule has 0 bridgehead atoms. The third kappa shape index (κ3) is 3.75. The molecule has 0 saturated heterocycles. The van der Waals surface area contributed by atoms with Crippen LogP contribution < -0.4 is 15.5 Å². The van der Waals surface area contributed by atoms with Gasteiger partial charge in [-0.1, -0.05) is 0 Å². The Morgan fingerprint density at radius 2 is 1.88 bits per heavy atom. The number of nitrogens with zero attached hydrogens (tertiary/aromatic N) is 3. The van der Waals surface area contributed by atoms with E-state index in [0.29, 0.717) is 5.69 Å². The Hall–Kier alpha value is -3.55. The summed E-state index contributed by atoms with van der Waals surface area (Å²) in [4.78, 5) is 28.5. The molecule has 0 aliphatic heterocycles. The molecular formula is C18H15FN4O3. The van der Waals surface area contributed by atoms with Crippen LogP contribution in [0.25, 0.3) is 5.69 Å². The first-order chi connectivity index (χ1) is 12.6. The van der Waals surface area contributed by atoms with Crippen molar-refractivity contribution in [3.63, 3.8) is 0 Å². The Morgan fingerprint density at radius 3 is 2.54 bits per heavy atom. The van der Waals surface area contributed by atoms with Crippen molar-refractivity contribution in [2.45, 2.75) is 6.54 Å². The molecule has 0 fully saturated rings. The van der Waals surface area contributed by atoms with E-state index in [4.69, 9.17) is 4.74 Å². The van der Waals surface area contributed by atoms with Crippen LogP contribution in [0.5, 0.6) is 5.88 Å². The van der Waals surface area contributed by atoms with Gasteiger partial charge in [-0.2, -0.15) is 5.10 Å². The summed E-state index contributed by atoms with van der Waals surface area (Å²) in [6.45, 7) is 0.227. The van der Waals surface area contributed by atoms with Gasteiger partial charge in [0.25, 0.3) is 5.91 Å². The van der Waals surface area contributed by atoms with E-state index in [2.05, 4.69) is 15.4 Å².